The first-order valence-electron chi connectivity index (χ1n) is 8.90. The maximum Gasteiger partial charge on any atom is 0.344 e. The van der Waals surface area contributed by atoms with Gasteiger partial charge in [0, 0.05) is 30.8 Å². The number of piperidine rings is 1. The molecule has 0 amide bonds. The Hall–Kier alpha value is -3.40. The van der Waals surface area contributed by atoms with Crippen LogP contribution in [0.4, 0.5) is 11.4 Å². The fourth-order valence-corrected chi connectivity index (χ4v) is 3.35. The molecule has 9 nitrogen and oxygen atoms in total. The number of benzene rings is 2. The monoisotopic (exact) mass is 415 g/mol. The second kappa shape index (κ2) is 8.74. The Bertz CT molecular complexity index is 938. The minimum atomic E-state index is -0.928. The number of hydrogen-bond donors (Lipinski definition) is 0. The summed E-state index contributed by atoms with van der Waals surface area (Å²) in [6.07, 6.45) is 3.40. The Morgan fingerprint density at radius 3 is 1.97 bits per heavy atom. The van der Waals surface area contributed by atoms with Gasteiger partial charge in [0.2, 0.25) is 0 Å². The van der Waals surface area contributed by atoms with Crippen molar-refractivity contribution in [2.45, 2.75) is 19.3 Å². The summed E-state index contributed by atoms with van der Waals surface area (Å²) in [4.78, 5) is 35.5. The molecule has 1 aliphatic rings. The lowest BCUT2D eigenvalue weighted by atomic mass is 10.1. The van der Waals surface area contributed by atoms with E-state index in [1.165, 1.54) is 6.42 Å². The molecule has 1 aliphatic heterocycles. The molecular weight excluding hydrogens is 398 g/mol. The third-order valence-electron chi connectivity index (χ3n) is 4.51. The third-order valence-corrected chi connectivity index (χ3v) is 5.01. The number of nitro groups is 2. The molecule has 0 unspecified atom stereocenters. The van der Waals surface area contributed by atoms with Crippen LogP contribution in [0.3, 0.4) is 0 Å². The fourth-order valence-electron chi connectivity index (χ4n) is 3.03. The van der Waals surface area contributed by atoms with Gasteiger partial charge in [0.1, 0.15) is 10.7 Å². The maximum absolute atomic E-state index is 12.3. The zero-order valence-corrected chi connectivity index (χ0v) is 16.1. The normalized spacial score (nSPS) is 13.6. The molecule has 29 heavy (non-hydrogen) atoms. The molecule has 150 valence electrons. The molecule has 10 heteroatoms. The summed E-state index contributed by atoms with van der Waals surface area (Å²) in [6.45, 7) is 1.84. The van der Waals surface area contributed by atoms with E-state index in [4.69, 9.17) is 17.0 Å². The van der Waals surface area contributed by atoms with Crippen molar-refractivity contribution in [3.63, 3.8) is 0 Å². The molecule has 0 atom stereocenters. The third kappa shape index (κ3) is 4.91. The number of rotatable bonds is 5. The molecule has 2 aromatic rings. The van der Waals surface area contributed by atoms with Crippen molar-refractivity contribution in [3.8, 4) is 5.75 Å². The quantitative estimate of drug-likeness (QED) is 0.237. The smallest absolute Gasteiger partial charge is 0.344 e. The number of carbonyl (C=O) groups is 1. The number of hydrogen-bond acceptors (Lipinski definition) is 7. The van der Waals surface area contributed by atoms with Crippen molar-refractivity contribution in [2.75, 3.05) is 13.1 Å². The van der Waals surface area contributed by atoms with E-state index >= 15 is 0 Å². The topological polar surface area (TPSA) is 116 Å². The zero-order chi connectivity index (χ0) is 21.0. The van der Waals surface area contributed by atoms with E-state index in [0.29, 0.717) is 0 Å². The fraction of sp³-hybridized carbons (Fsp3) is 0.263. The Morgan fingerprint density at radius 2 is 1.45 bits per heavy atom. The van der Waals surface area contributed by atoms with Crippen LogP contribution in [0.25, 0.3) is 0 Å². The van der Waals surface area contributed by atoms with Crippen molar-refractivity contribution < 1.29 is 19.4 Å². The highest BCUT2D eigenvalue weighted by Crippen LogP contribution is 2.24. The molecule has 0 N–H and O–H groups in total. The number of likely N-dealkylation sites (tertiary alicyclic amines) is 1. The van der Waals surface area contributed by atoms with E-state index in [1.54, 1.807) is 24.3 Å². The van der Waals surface area contributed by atoms with E-state index in [2.05, 4.69) is 4.90 Å². The Labute approximate surface area is 171 Å². The lowest BCUT2D eigenvalue weighted by molar-refractivity contribution is -0.394. The molecule has 1 heterocycles. The minimum absolute atomic E-state index is 0.203. The summed E-state index contributed by atoms with van der Waals surface area (Å²) in [5, 5.41) is 21.9. The van der Waals surface area contributed by atoms with Gasteiger partial charge >= 0.3 is 5.97 Å². The van der Waals surface area contributed by atoms with Gasteiger partial charge in [-0.15, -0.1) is 0 Å². The molecule has 0 aromatic heterocycles. The highest BCUT2D eigenvalue weighted by Gasteiger charge is 2.21. The van der Waals surface area contributed by atoms with Crippen LogP contribution in [0.15, 0.2) is 42.5 Å². The van der Waals surface area contributed by atoms with Gasteiger partial charge in [-0.3, -0.25) is 20.2 Å². The Morgan fingerprint density at radius 1 is 0.897 bits per heavy atom. The largest absolute Gasteiger partial charge is 0.423 e. The van der Waals surface area contributed by atoms with Crippen molar-refractivity contribution in [1.29, 1.82) is 0 Å². The van der Waals surface area contributed by atoms with Gasteiger partial charge in [-0.25, -0.2) is 4.79 Å². The molecule has 0 radical (unpaired) electrons. The zero-order valence-electron chi connectivity index (χ0n) is 15.3. The van der Waals surface area contributed by atoms with Gasteiger partial charge in [0.15, 0.2) is 0 Å². The number of esters is 1. The molecule has 1 fully saturated rings. The van der Waals surface area contributed by atoms with E-state index < -0.39 is 27.2 Å². The van der Waals surface area contributed by atoms with Crippen LogP contribution < -0.4 is 4.74 Å². The van der Waals surface area contributed by atoms with Crippen molar-refractivity contribution in [3.05, 3.63) is 73.8 Å². The summed E-state index contributed by atoms with van der Waals surface area (Å²) in [7, 11) is 0. The van der Waals surface area contributed by atoms with Gasteiger partial charge < -0.3 is 9.64 Å². The number of carbonyl (C=O) groups excluding carboxylic acids is 1. The predicted octanol–water partition coefficient (Wildman–Crippen LogP) is 3.88. The SMILES string of the molecule is O=C(Oc1ccc(C(=S)N2CCCCC2)cc1)c1cc([N+](=O)[O-])cc([N+](=O)[O-])c1. The standard InChI is InChI=1S/C19H17N3O6S/c23-19(14-10-15(21(24)25)12-16(11-14)22(26)27)28-17-6-4-13(5-7-17)18(29)20-8-2-1-3-9-20/h4-7,10-12H,1-3,8-9H2. The lowest BCUT2D eigenvalue weighted by Crippen LogP contribution is -2.34. The number of nitrogens with zero attached hydrogens (tertiary/aromatic N) is 3. The predicted molar refractivity (Wildman–Crippen MR) is 108 cm³/mol. The molecule has 0 spiro atoms. The van der Waals surface area contributed by atoms with Gasteiger partial charge in [0.25, 0.3) is 11.4 Å². The molecule has 0 saturated carbocycles. The van der Waals surface area contributed by atoms with Crippen LogP contribution in [-0.4, -0.2) is 38.8 Å². The van der Waals surface area contributed by atoms with Gasteiger partial charge in [0.05, 0.1) is 21.5 Å². The summed E-state index contributed by atoms with van der Waals surface area (Å²) in [5.41, 5.74) is -0.576. The second-order valence-corrected chi connectivity index (χ2v) is 6.91. The van der Waals surface area contributed by atoms with E-state index in [-0.39, 0.29) is 11.3 Å². The average molecular weight is 415 g/mol. The molecule has 1 saturated heterocycles. The number of ether oxygens (including phenoxy) is 1. The van der Waals surface area contributed by atoms with Gasteiger partial charge in [-0.05, 0) is 43.5 Å². The van der Waals surface area contributed by atoms with E-state index in [9.17, 15) is 25.0 Å². The van der Waals surface area contributed by atoms with Gasteiger partial charge in [-0.1, -0.05) is 12.2 Å². The van der Waals surface area contributed by atoms with Crippen LogP contribution in [0.2, 0.25) is 0 Å². The van der Waals surface area contributed by atoms with Crippen LogP contribution in [0.5, 0.6) is 5.75 Å². The average Bonchev–Trinajstić information content (AvgIpc) is 2.74. The molecule has 0 bridgehead atoms. The van der Waals surface area contributed by atoms with Crippen LogP contribution in [0, 0.1) is 20.2 Å². The summed E-state index contributed by atoms with van der Waals surface area (Å²) < 4.78 is 5.21. The van der Waals surface area contributed by atoms with Crippen LogP contribution in [0.1, 0.15) is 35.2 Å². The first kappa shape index (κ1) is 20.3. The molecule has 3 rings (SSSR count). The lowest BCUT2D eigenvalue weighted by Gasteiger charge is -2.29. The molecule has 0 aliphatic carbocycles. The second-order valence-electron chi connectivity index (χ2n) is 6.52. The van der Waals surface area contributed by atoms with Crippen molar-refractivity contribution in [1.82, 2.24) is 4.90 Å². The first-order valence-corrected chi connectivity index (χ1v) is 9.31. The number of non-ortho nitro benzene ring substituents is 2. The molecular formula is C19H17N3O6S. The van der Waals surface area contributed by atoms with Crippen LogP contribution in [-0.2, 0) is 0 Å². The highest BCUT2D eigenvalue weighted by molar-refractivity contribution is 7.80. The van der Waals surface area contributed by atoms with E-state index in [1.807, 2.05) is 0 Å². The molecule has 2 aromatic carbocycles. The highest BCUT2D eigenvalue weighted by atomic mass is 32.1. The van der Waals surface area contributed by atoms with Crippen molar-refractivity contribution in [2.24, 2.45) is 0 Å². The first-order chi connectivity index (χ1) is 13.8. The number of thiocarbonyl (C=S) groups is 1. The Balaban J connectivity index is 1.74. The number of nitro benzene ring substituents is 2. The van der Waals surface area contributed by atoms with Crippen LogP contribution >= 0.6 is 12.2 Å². The maximum atomic E-state index is 12.3. The Kier molecular flexibility index (Phi) is 6.13. The van der Waals surface area contributed by atoms with E-state index in [0.717, 1.165) is 54.7 Å². The van der Waals surface area contributed by atoms with Crippen molar-refractivity contribution >= 4 is 34.6 Å². The summed E-state index contributed by atoms with van der Waals surface area (Å²) in [5.74, 6) is -0.725. The summed E-state index contributed by atoms with van der Waals surface area (Å²) >= 11 is 5.52. The van der Waals surface area contributed by atoms with Gasteiger partial charge in [-0.2, -0.15) is 0 Å². The minimum Gasteiger partial charge on any atom is -0.423 e. The summed E-state index contributed by atoms with van der Waals surface area (Å²) in [6, 6.07) is 9.26.